The Morgan fingerprint density at radius 3 is 2.59 bits per heavy atom. The number of hydrogen-bond donors (Lipinski definition) is 1. The normalized spacial score (nSPS) is 18.6. The van der Waals surface area contributed by atoms with Crippen LogP contribution in [0.3, 0.4) is 0 Å². The van der Waals surface area contributed by atoms with E-state index in [1.807, 2.05) is 37.3 Å². The van der Waals surface area contributed by atoms with E-state index >= 15 is 0 Å². The van der Waals surface area contributed by atoms with Crippen LogP contribution in [0.2, 0.25) is 0 Å². The third kappa shape index (κ3) is 4.13. The van der Waals surface area contributed by atoms with Gasteiger partial charge in [-0.3, -0.25) is 14.4 Å². The summed E-state index contributed by atoms with van der Waals surface area (Å²) in [5.41, 5.74) is 2.24. The summed E-state index contributed by atoms with van der Waals surface area (Å²) in [7, 11) is 0. The van der Waals surface area contributed by atoms with Crippen molar-refractivity contribution in [2.45, 2.75) is 19.4 Å². The van der Waals surface area contributed by atoms with Gasteiger partial charge in [0.15, 0.2) is 0 Å². The molecule has 4 rings (SSSR count). The average molecular weight is 474 g/mol. The van der Waals surface area contributed by atoms with Crippen LogP contribution in [0, 0.1) is 6.92 Å². The first kappa shape index (κ1) is 19.8. The zero-order valence-corrected chi connectivity index (χ0v) is 18.3. The summed E-state index contributed by atoms with van der Waals surface area (Å²) in [5.74, 6) is -0.208. The molecule has 2 aliphatic heterocycles. The van der Waals surface area contributed by atoms with Gasteiger partial charge in [-0.2, -0.15) is 0 Å². The van der Waals surface area contributed by atoms with E-state index in [1.165, 1.54) is 11.3 Å². The Morgan fingerprint density at radius 1 is 1.17 bits per heavy atom. The second-order valence-electron chi connectivity index (χ2n) is 7.16. The van der Waals surface area contributed by atoms with Crippen LogP contribution < -0.4 is 10.2 Å². The van der Waals surface area contributed by atoms with Crippen molar-refractivity contribution in [3.05, 3.63) is 62.3 Å². The van der Waals surface area contributed by atoms with Gasteiger partial charge in [0.1, 0.15) is 0 Å². The minimum atomic E-state index is -0.242. The highest BCUT2D eigenvalue weighted by atomic mass is 79.9. The van der Waals surface area contributed by atoms with Gasteiger partial charge in [-0.1, -0.05) is 12.2 Å². The van der Waals surface area contributed by atoms with Crippen molar-refractivity contribution in [2.24, 2.45) is 0 Å². The van der Waals surface area contributed by atoms with E-state index in [9.17, 15) is 14.4 Å². The van der Waals surface area contributed by atoms with Crippen molar-refractivity contribution in [1.82, 2.24) is 10.2 Å². The Hall–Kier alpha value is -2.45. The maximum Gasteiger partial charge on any atom is 0.261 e. The number of aryl methyl sites for hydroxylation is 1. The van der Waals surface area contributed by atoms with Crippen LogP contribution in [0.5, 0.6) is 0 Å². The molecular formula is C21H20BrN3O3S. The van der Waals surface area contributed by atoms with Crippen molar-refractivity contribution in [3.8, 4) is 0 Å². The van der Waals surface area contributed by atoms with Crippen molar-refractivity contribution < 1.29 is 14.4 Å². The topological polar surface area (TPSA) is 69.7 Å². The molecule has 3 heterocycles. The van der Waals surface area contributed by atoms with Crippen LogP contribution in [-0.2, 0) is 4.79 Å². The molecule has 1 aromatic heterocycles. The molecule has 1 N–H and O–H groups in total. The molecule has 1 aromatic carbocycles. The number of carbonyl (C=O) groups excluding carboxylic acids is 3. The molecule has 150 valence electrons. The summed E-state index contributed by atoms with van der Waals surface area (Å²) in [5, 5.41) is 2.94. The van der Waals surface area contributed by atoms with Gasteiger partial charge in [-0.05, 0) is 58.7 Å². The quantitative estimate of drug-likeness (QED) is 0.692. The van der Waals surface area contributed by atoms with E-state index < -0.39 is 0 Å². The zero-order valence-electron chi connectivity index (χ0n) is 15.9. The Balaban J connectivity index is 1.44. The minimum absolute atomic E-state index is 0.000882. The molecule has 2 aliphatic rings. The maximum atomic E-state index is 12.6. The molecule has 0 bridgehead atoms. The van der Waals surface area contributed by atoms with Crippen LogP contribution >= 0.6 is 27.3 Å². The number of amides is 3. The number of carbonyl (C=O) groups is 3. The first-order valence-corrected chi connectivity index (χ1v) is 10.9. The first-order chi connectivity index (χ1) is 13.9. The Morgan fingerprint density at radius 2 is 1.93 bits per heavy atom. The largest absolute Gasteiger partial charge is 0.346 e. The number of thiophene rings is 1. The van der Waals surface area contributed by atoms with Crippen molar-refractivity contribution in [2.75, 3.05) is 24.5 Å². The molecule has 0 spiro atoms. The molecule has 1 atom stereocenters. The molecule has 8 heteroatoms. The molecule has 3 amide bonds. The minimum Gasteiger partial charge on any atom is -0.346 e. The van der Waals surface area contributed by atoms with Crippen LogP contribution in [0.4, 0.5) is 5.69 Å². The molecule has 0 aliphatic carbocycles. The van der Waals surface area contributed by atoms with Gasteiger partial charge in [0, 0.05) is 37.3 Å². The summed E-state index contributed by atoms with van der Waals surface area (Å²) < 4.78 is 0.890. The van der Waals surface area contributed by atoms with Gasteiger partial charge >= 0.3 is 0 Å². The fourth-order valence-corrected chi connectivity index (χ4v) is 4.91. The zero-order chi connectivity index (χ0) is 20.5. The van der Waals surface area contributed by atoms with E-state index in [0.717, 1.165) is 15.0 Å². The van der Waals surface area contributed by atoms with Gasteiger partial charge < -0.3 is 15.1 Å². The monoisotopic (exact) mass is 473 g/mol. The molecule has 6 nitrogen and oxygen atoms in total. The van der Waals surface area contributed by atoms with E-state index in [-0.39, 0.29) is 30.2 Å². The van der Waals surface area contributed by atoms with Gasteiger partial charge in [0.2, 0.25) is 5.91 Å². The summed E-state index contributed by atoms with van der Waals surface area (Å²) >= 11 is 4.71. The number of hydrogen-bond acceptors (Lipinski definition) is 4. The smallest absolute Gasteiger partial charge is 0.261 e. The number of rotatable bonds is 4. The second-order valence-corrected chi connectivity index (χ2v) is 9.63. The fraction of sp³-hybridized carbons (Fsp3) is 0.286. The average Bonchev–Trinajstić information content (AvgIpc) is 3.42. The Bertz CT molecular complexity index is 1010. The van der Waals surface area contributed by atoms with Crippen molar-refractivity contribution in [1.29, 1.82) is 0 Å². The number of nitrogens with one attached hydrogen (secondary N) is 1. The molecule has 1 fully saturated rings. The van der Waals surface area contributed by atoms with E-state index in [0.29, 0.717) is 30.1 Å². The van der Waals surface area contributed by atoms with E-state index in [1.54, 1.807) is 21.9 Å². The fourth-order valence-electron chi connectivity index (χ4n) is 3.62. The SMILES string of the molecule is Cc1cc(N2CC(NC(=O)c3ccc(Br)s3)CC2=O)ccc1C(=O)N1CC=CC1. The second kappa shape index (κ2) is 8.12. The number of halogens is 1. The van der Waals surface area contributed by atoms with Gasteiger partial charge in [0.05, 0.1) is 14.7 Å². The van der Waals surface area contributed by atoms with Crippen molar-refractivity contribution in [3.63, 3.8) is 0 Å². The third-order valence-electron chi connectivity index (χ3n) is 5.11. The predicted molar refractivity (Wildman–Crippen MR) is 116 cm³/mol. The summed E-state index contributed by atoms with van der Waals surface area (Å²) in [6.45, 7) is 3.56. The van der Waals surface area contributed by atoms with E-state index in [4.69, 9.17) is 0 Å². The highest BCUT2D eigenvalue weighted by Crippen LogP contribution is 2.26. The molecule has 1 unspecified atom stereocenters. The molecule has 1 saturated heterocycles. The highest BCUT2D eigenvalue weighted by molar-refractivity contribution is 9.11. The molecule has 2 aromatic rings. The van der Waals surface area contributed by atoms with Gasteiger partial charge in [-0.15, -0.1) is 11.3 Å². The van der Waals surface area contributed by atoms with E-state index in [2.05, 4.69) is 21.2 Å². The summed E-state index contributed by atoms with van der Waals surface area (Å²) in [6, 6.07) is 8.81. The third-order valence-corrected chi connectivity index (χ3v) is 6.74. The predicted octanol–water partition coefficient (Wildman–Crippen LogP) is 3.37. The summed E-state index contributed by atoms with van der Waals surface area (Å²) in [6.07, 6.45) is 4.22. The maximum absolute atomic E-state index is 12.6. The van der Waals surface area contributed by atoms with Gasteiger partial charge in [-0.25, -0.2) is 0 Å². The summed E-state index contributed by atoms with van der Waals surface area (Å²) in [4.78, 5) is 41.6. The number of benzene rings is 1. The Kier molecular flexibility index (Phi) is 5.56. The lowest BCUT2D eigenvalue weighted by Crippen LogP contribution is -2.36. The molecule has 0 radical (unpaired) electrons. The number of nitrogens with zero attached hydrogens (tertiary/aromatic N) is 2. The van der Waals surface area contributed by atoms with Gasteiger partial charge in [0.25, 0.3) is 11.8 Å². The van der Waals surface area contributed by atoms with Crippen LogP contribution in [0.15, 0.2) is 46.3 Å². The Labute approximate surface area is 181 Å². The lowest BCUT2D eigenvalue weighted by atomic mass is 10.1. The van der Waals surface area contributed by atoms with Crippen LogP contribution in [0.25, 0.3) is 0 Å². The molecular weight excluding hydrogens is 454 g/mol. The standard InChI is InChI=1S/C21H20BrN3O3S/c1-13-10-15(4-5-16(13)21(28)24-8-2-3-9-24)25-12-14(11-19(25)26)23-20(27)17-6-7-18(22)29-17/h2-7,10,14H,8-9,11-12H2,1H3,(H,23,27). The van der Waals surface area contributed by atoms with Crippen LogP contribution in [-0.4, -0.2) is 48.3 Å². The molecule has 29 heavy (non-hydrogen) atoms. The lowest BCUT2D eigenvalue weighted by molar-refractivity contribution is -0.117. The highest BCUT2D eigenvalue weighted by Gasteiger charge is 2.32. The van der Waals surface area contributed by atoms with Crippen LogP contribution in [0.1, 0.15) is 32.0 Å². The number of anilines is 1. The molecule has 0 saturated carbocycles. The first-order valence-electron chi connectivity index (χ1n) is 9.34. The van der Waals surface area contributed by atoms with Crippen molar-refractivity contribution >= 4 is 50.7 Å². The lowest BCUT2D eigenvalue weighted by Gasteiger charge is -2.20.